The van der Waals surface area contributed by atoms with Gasteiger partial charge in [0.25, 0.3) is 0 Å². The minimum atomic E-state index is -0.450. The van der Waals surface area contributed by atoms with Crippen LogP contribution in [-0.2, 0) is 0 Å². The standard InChI is InChI=1S/C16H31N3O2/c1-3-8-19-9-6-13(7-10-19)11-17-15(21)18-16(2,12-20)14-4-5-14/h13-14,20H,3-12H2,1-2H3,(H2,17,18,21). The molecule has 0 aromatic heterocycles. The predicted molar refractivity (Wildman–Crippen MR) is 84.2 cm³/mol. The van der Waals surface area contributed by atoms with Crippen molar-refractivity contribution in [3.63, 3.8) is 0 Å². The molecule has 2 fully saturated rings. The zero-order valence-electron chi connectivity index (χ0n) is 13.5. The van der Waals surface area contributed by atoms with Gasteiger partial charge in [0.2, 0.25) is 0 Å². The van der Waals surface area contributed by atoms with E-state index in [4.69, 9.17) is 0 Å². The van der Waals surface area contributed by atoms with Gasteiger partial charge in [-0.25, -0.2) is 4.79 Å². The predicted octanol–water partition coefficient (Wildman–Crippen LogP) is 1.57. The number of hydrogen-bond acceptors (Lipinski definition) is 3. The lowest BCUT2D eigenvalue weighted by Gasteiger charge is -2.32. The topological polar surface area (TPSA) is 64.6 Å². The van der Waals surface area contributed by atoms with E-state index in [0.717, 1.165) is 32.5 Å². The fourth-order valence-corrected chi connectivity index (χ4v) is 3.26. The molecule has 1 aliphatic carbocycles. The van der Waals surface area contributed by atoms with Gasteiger partial charge in [-0.05, 0) is 70.5 Å². The minimum absolute atomic E-state index is 0.0144. The smallest absolute Gasteiger partial charge is 0.315 e. The molecule has 3 N–H and O–H groups in total. The van der Waals surface area contributed by atoms with E-state index in [-0.39, 0.29) is 12.6 Å². The third kappa shape index (κ3) is 4.85. The van der Waals surface area contributed by atoms with Gasteiger partial charge < -0.3 is 20.6 Å². The van der Waals surface area contributed by atoms with Crippen LogP contribution in [0.3, 0.4) is 0 Å². The highest BCUT2D eigenvalue weighted by Gasteiger charge is 2.42. The number of likely N-dealkylation sites (tertiary alicyclic amines) is 1. The second kappa shape index (κ2) is 7.45. The van der Waals surface area contributed by atoms with Crippen molar-refractivity contribution < 1.29 is 9.90 Å². The summed E-state index contributed by atoms with van der Waals surface area (Å²) in [4.78, 5) is 14.5. The van der Waals surface area contributed by atoms with Gasteiger partial charge in [-0.1, -0.05) is 6.92 Å². The summed E-state index contributed by atoms with van der Waals surface area (Å²) in [5.74, 6) is 1.02. The number of carbonyl (C=O) groups excluding carboxylic acids is 1. The summed E-state index contributed by atoms with van der Waals surface area (Å²) < 4.78 is 0. The van der Waals surface area contributed by atoms with Crippen molar-refractivity contribution in [3.05, 3.63) is 0 Å². The lowest BCUT2D eigenvalue weighted by Crippen LogP contribution is -2.54. The van der Waals surface area contributed by atoms with Crippen LogP contribution in [0.5, 0.6) is 0 Å². The van der Waals surface area contributed by atoms with E-state index < -0.39 is 5.54 Å². The van der Waals surface area contributed by atoms with Crippen LogP contribution in [0.15, 0.2) is 0 Å². The molecule has 1 saturated heterocycles. The highest BCUT2D eigenvalue weighted by atomic mass is 16.3. The second-order valence-electron chi connectivity index (χ2n) is 6.97. The number of nitrogens with one attached hydrogen (secondary N) is 2. The Labute approximate surface area is 128 Å². The summed E-state index contributed by atoms with van der Waals surface area (Å²) in [5, 5.41) is 15.4. The fraction of sp³-hybridized carbons (Fsp3) is 0.938. The number of carbonyl (C=O) groups is 1. The maximum Gasteiger partial charge on any atom is 0.315 e. The molecule has 2 rings (SSSR count). The van der Waals surface area contributed by atoms with E-state index in [0.29, 0.717) is 11.8 Å². The van der Waals surface area contributed by atoms with Crippen molar-refractivity contribution in [1.29, 1.82) is 0 Å². The number of piperidine rings is 1. The Balaban J connectivity index is 1.65. The zero-order chi connectivity index (χ0) is 15.3. The van der Waals surface area contributed by atoms with Gasteiger partial charge in [0.15, 0.2) is 0 Å². The maximum atomic E-state index is 12.0. The molecule has 0 radical (unpaired) electrons. The molecular formula is C16H31N3O2. The lowest BCUT2D eigenvalue weighted by molar-refractivity contribution is 0.152. The van der Waals surface area contributed by atoms with Crippen molar-refractivity contribution in [2.24, 2.45) is 11.8 Å². The third-order valence-electron chi connectivity index (χ3n) is 5.00. The molecule has 1 aliphatic heterocycles. The molecule has 1 unspecified atom stereocenters. The SMILES string of the molecule is CCCN1CCC(CNC(=O)NC(C)(CO)C2CC2)CC1. The van der Waals surface area contributed by atoms with E-state index in [1.54, 1.807) is 0 Å². The molecule has 0 aromatic carbocycles. The summed E-state index contributed by atoms with van der Waals surface area (Å²) in [6, 6.07) is -0.130. The van der Waals surface area contributed by atoms with Gasteiger partial charge in [0.05, 0.1) is 12.1 Å². The molecule has 1 atom stereocenters. The summed E-state index contributed by atoms with van der Waals surface area (Å²) in [7, 11) is 0. The van der Waals surface area contributed by atoms with Crippen LogP contribution in [0.1, 0.15) is 46.0 Å². The first kappa shape index (κ1) is 16.6. The van der Waals surface area contributed by atoms with Gasteiger partial charge in [0.1, 0.15) is 0 Å². The first-order valence-electron chi connectivity index (χ1n) is 8.46. The molecule has 0 bridgehead atoms. The molecule has 1 saturated carbocycles. The number of amides is 2. The normalized spacial score (nSPS) is 23.6. The first-order chi connectivity index (χ1) is 10.1. The van der Waals surface area contributed by atoms with E-state index in [2.05, 4.69) is 22.5 Å². The number of urea groups is 1. The molecule has 122 valence electrons. The summed E-state index contributed by atoms with van der Waals surface area (Å²) in [6.45, 7) is 8.41. The molecule has 2 aliphatic rings. The molecule has 2 amide bonds. The second-order valence-corrected chi connectivity index (χ2v) is 6.97. The van der Waals surface area contributed by atoms with E-state index >= 15 is 0 Å². The fourth-order valence-electron chi connectivity index (χ4n) is 3.26. The number of rotatable bonds is 7. The number of aliphatic hydroxyl groups is 1. The number of nitrogens with zero attached hydrogens (tertiary/aromatic N) is 1. The van der Waals surface area contributed by atoms with E-state index in [1.165, 1.54) is 25.8 Å². The minimum Gasteiger partial charge on any atom is -0.394 e. The Kier molecular flexibility index (Phi) is 5.88. The van der Waals surface area contributed by atoms with Crippen LogP contribution in [0.25, 0.3) is 0 Å². The van der Waals surface area contributed by atoms with Crippen LogP contribution in [0.2, 0.25) is 0 Å². The van der Waals surface area contributed by atoms with Crippen LogP contribution in [0.4, 0.5) is 4.79 Å². The molecule has 5 nitrogen and oxygen atoms in total. The van der Waals surface area contributed by atoms with Crippen molar-refractivity contribution in [2.45, 2.75) is 51.5 Å². The Morgan fingerprint density at radius 3 is 2.48 bits per heavy atom. The van der Waals surface area contributed by atoms with E-state index in [1.807, 2.05) is 6.92 Å². The summed E-state index contributed by atoms with van der Waals surface area (Å²) in [6.07, 6.45) is 5.76. The average Bonchev–Trinajstić information content (AvgIpc) is 3.32. The molecule has 21 heavy (non-hydrogen) atoms. The molecular weight excluding hydrogens is 266 g/mol. The number of hydrogen-bond donors (Lipinski definition) is 3. The Hall–Kier alpha value is -0.810. The maximum absolute atomic E-state index is 12.0. The van der Waals surface area contributed by atoms with Gasteiger partial charge in [-0.2, -0.15) is 0 Å². The molecule has 5 heteroatoms. The van der Waals surface area contributed by atoms with Crippen molar-refractivity contribution in [3.8, 4) is 0 Å². The van der Waals surface area contributed by atoms with Crippen molar-refractivity contribution in [2.75, 3.05) is 32.8 Å². The van der Waals surface area contributed by atoms with Gasteiger partial charge >= 0.3 is 6.03 Å². The van der Waals surface area contributed by atoms with Gasteiger partial charge in [-0.15, -0.1) is 0 Å². The van der Waals surface area contributed by atoms with Gasteiger partial charge in [0, 0.05) is 6.54 Å². The Morgan fingerprint density at radius 1 is 1.29 bits per heavy atom. The van der Waals surface area contributed by atoms with Crippen LogP contribution in [-0.4, -0.2) is 54.4 Å². The first-order valence-corrected chi connectivity index (χ1v) is 8.46. The quantitative estimate of drug-likeness (QED) is 0.668. The number of aliphatic hydroxyl groups excluding tert-OH is 1. The van der Waals surface area contributed by atoms with E-state index in [9.17, 15) is 9.90 Å². The monoisotopic (exact) mass is 297 g/mol. The van der Waals surface area contributed by atoms with Crippen LogP contribution < -0.4 is 10.6 Å². The largest absolute Gasteiger partial charge is 0.394 e. The third-order valence-corrected chi connectivity index (χ3v) is 5.00. The highest BCUT2D eigenvalue weighted by molar-refractivity contribution is 5.74. The molecule has 0 aromatic rings. The lowest BCUT2D eigenvalue weighted by atomic mass is 9.96. The summed E-state index contributed by atoms with van der Waals surface area (Å²) in [5.41, 5.74) is -0.450. The summed E-state index contributed by atoms with van der Waals surface area (Å²) >= 11 is 0. The van der Waals surface area contributed by atoms with Crippen molar-refractivity contribution in [1.82, 2.24) is 15.5 Å². The zero-order valence-corrected chi connectivity index (χ0v) is 13.5. The van der Waals surface area contributed by atoms with Gasteiger partial charge in [-0.3, -0.25) is 0 Å². The van der Waals surface area contributed by atoms with Crippen LogP contribution in [0, 0.1) is 11.8 Å². The highest BCUT2D eigenvalue weighted by Crippen LogP contribution is 2.39. The Morgan fingerprint density at radius 2 is 1.95 bits per heavy atom. The van der Waals surface area contributed by atoms with Crippen molar-refractivity contribution >= 4 is 6.03 Å². The Bertz CT molecular complexity index is 338. The molecule has 0 spiro atoms. The molecule has 1 heterocycles. The van der Waals surface area contributed by atoms with Crippen LogP contribution >= 0.6 is 0 Å². The average molecular weight is 297 g/mol.